The number of rotatable bonds is 10. The summed E-state index contributed by atoms with van der Waals surface area (Å²) in [6.07, 6.45) is 5.03. The average molecular weight is 496 g/mol. The molecule has 0 atom stereocenters. The summed E-state index contributed by atoms with van der Waals surface area (Å²) >= 11 is 3.42. The van der Waals surface area contributed by atoms with Gasteiger partial charge in [-0.25, -0.2) is 4.79 Å². The Morgan fingerprint density at radius 3 is 2.91 bits per heavy atom. The number of carbonyl (C=O) groups is 1. The lowest BCUT2D eigenvalue weighted by atomic mass is 10.1. The summed E-state index contributed by atoms with van der Waals surface area (Å²) in [7, 11) is 0. The standard InChI is InChI=1S/C24H22BrN3O4/c25-18-10-17-11-22(24(29)30)32-23(17)21(12-18)31-8-7-27-6-2-1-3-16-14-28-20-5-4-15(13-26)9-19(16)20/h4-5,9-12,14,27-28H,1-3,6-8H2,(H,29,30). The van der Waals surface area contributed by atoms with Gasteiger partial charge in [0.2, 0.25) is 5.76 Å². The number of nitrogens with zero attached hydrogens (tertiary/aromatic N) is 1. The second-order valence-corrected chi connectivity index (χ2v) is 8.40. The monoisotopic (exact) mass is 495 g/mol. The normalized spacial score (nSPS) is 11.1. The maximum absolute atomic E-state index is 11.1. The Morgan fingerprint density at radius 1 is 1.22 bits per heavy atom. The van der Waals surface area contributed by atoms with Crippen molar-refractivity contribution in [3.8, 4) is 11.8 Å². The smallest absolute Gasteiger partial charge is 0.371 e. The number of aromatic nitrogens is 1. The number of unbranched alkanes of at least 4 members (excludes halogenated alkanes) is 1. The van der Waals surface area contributed by atoms with E-state index in [9.17, 15) is 4.79 Å². The van der Waals surface area contributed by atoms with Crippen LogP contribution in [0.2, 0.25) is 0 Å². The first-order valence-corrected chi connectivity index (χ1v) is 11.1. The topological polar surface area (TPSA) is 111 Å². The Kier molecular flexibility index (Phi) is 6.78. The number of aryl methyl sites for hydroxylation is 1. The van der Waals surface area contributed by atoms with Crippen LogP contribution in [0.1, 0.15) is 34.5 Å². The molecule has 0 spiro atoms. The molecule has 0 amide bonds. The molecule has 32 heavy (non-hydrogen) atoms. The Bertz CT molecular complexity index is 1300. The van der Waals surface area contributed by atoms with Gasteiger partial charge < -0.3 is 24.6 Å². The van der Waals surface area contributed by atoms with Crippen LogP contribution in [0.3, 0.4) is 0 Å². The Morgan fingerprint density at radius 2 is 2.09 bits per heavy atom. The van der Waals surface area contributed by atoms with Crippen LogP contribution in [0.25, 0.3) is 21.9 Å². The number of H-pyrrole nitrogens is 1. The van der Waals surface area contributed by atoms with Crippen molar-refractivity contribution in [2.75, 3.05) is 19.7 Å². The summed E-state index contributed by atoms with van der Waals surface area (Å²) in [5, 5.41) is 23.4. The van der Waals surface area contributed by atoms with Gasteiger partial charge in [0.05, 0.1) is 11.6 Å². The van der Waals surface area contributed by atoms with Gasteiger partial charge in [-0.2, -0.15) is 5.26 Å². The zero-order valence-electron chi connectivity index (χ0n) is 17.3. The third-order valence-electron chi connectivity index (χ3n) is 5.24. The van der Waals surface area contributed by atoms with Gasteiger partial charge in [-0.3, -0.25) is 0 Å². The number of halogens is 1. The molecule has 4 aromatic rings. The van der Waals surface area contributed by atoms with Crippen molar-refractivity contribution in [3.05, 3.63) is 64.0 Å². The molecule has 4 rings (SSSR count). The summed E-state index contributed by atoms with van der Waals surface area (Å²) in [4.78, 5) is 14.4. The van der Waals surface area contributed by atoms with Crippen LogP contribution >= 0.6 is 15.9 Å². The molecule has 0 bridgehead atoms. The molecule has 2 aromatic heterocycles. The highest BCUT2D eigenvalue weighted by Gasteiger charge is 2.15. The van der Waals surface area contributed by atoms with E-state index in [4.69, 9.17) is 19.5 Å². The number of fused-ring (bicyclic) bond motifs is 2. The second-order valence-electron chi connectivity index (χ2n) is 7.48. The fraction of sp³-hybridized carbons (Fsp3) is 0.250. The van der Waals surface area contributed by atoms with Gasteiger partial charge in [0, 0.05) is 33.5 Å². The maximum atomic E-state index is 11.1. The van der Waals surface area contributed by atoms with Crippen molar-refractivity contribution in [2.45, 2.75) is 19.3 Å². The SMILES string of the molecule is N#Cc1ccc2[nH]cc(CCCCNCCOc3cc(Br)cc4cc(C(=O)O)oc34)c2c1. The number of nitriles is 1. The molecule has 0 radical (unpaired) electrons. The molecular weight excluding hydrogens is 474 g/mol. The van der Waals surface area contributed by atoms with Crippen molar-refractivity contribution in [2.24, 2.45) is 0 Å². The van der Waals surface area contributed by atoms with E-state index >= 15 is 0 Å². The van der Waals surface area contributed by atoms with Gasteiger partial charge in [-0.15, -0.1) is 0 Å². The molecule has 0 saturated heterocycles. The molecule has 164 valence electrons. The highest BCUT2D eigenvalue weighted by molar-refractivity contribution is 9.10. The van der Waals surface area contributed by atoms with Gasteiger partial charge in [-0.1, -0.05) is 15.9 Å². The van der Waals surface area contributed by atoms with Crippen LogP contribution in [0.15, 0.2) is 51.5 Å². The van der Waals surface area contributed by atoms with E-state index in [1.54, 1.807) is 12.1 Å². The minimum atomic E-state index is -1.11. The van der Waals surface area contributed by atoms with Gasteiger partial charge >= 0.3 is 5.97 Å². The Hall–Kier alpha value is -3.28. The van der Waals surface area contributed by atoms with E-state index < -0.39 is 5.97 Å². The molecule has 0 aliphatic carbocycles. The molecule has 2 aromatic carbocycles. The lowest BCUT2D eigenvalue weighted by Gasteiger charge is -2.08. The number of nitrogens with one attached hydrogen (secondary N) is 2. The van der Waals surface area contributed by atoms with Gasteiger partial charge in [0.15, 0.2) is 11.3 Å². The van der Waals surface area contributed by atoms with E-state index in [1.165, 1.54) is 11.6 Å². The number of ether oxygens (including phenoxy) is 1. The number of carboxylic acids is 1. The molecule has 3 N–H and O–H groups in total. The van der Waals surface area contributed by atoms with Crippen LogP contribution in [0.5, 0.6) is 5.75 Å². The number of hydrogen-bond acceptors (Lipinski definition) is 5. The van der Waals surface area contributed by atoms with Crippen LogP contribution in [-0.4, -0.2) is 35.8 Å². The first kappa shape index (κ1) is 21.9. The fourth-order valence-electron chi connectivity index (χ4n) is 3.68. The number of aromatic amines is 1. The molecule has 7 nitrogen and oxygen atoms in total. The van der Waals surface area contributed by atoms with Gasteiger partial charge in [0.25, 0.3) is 0 Å². The largest absolute Gasteiger partial charge is 0.488 e. The highest BCUT2D eigenvalue weighted by Crippen LogP contribution is 2.32. The van der Waals surface area contributed by atoms with Gasteiger partial charge in [0.1, 0.15) is 6.61 Å². The highest BCUT2D eigenvalue weighted by atomic mass is 79.9. The van der Waals surface area contributed by atoms with E-state index in [0.717, 1.165) is 41.2 Å². The summed E-state index contributed by atoms with van der Waals surface area (Å²) in [5.74, 6) is -0.706. The quantitative estimate of drug-likeness (QED) is 0.259. The fourth-order valence-corrected chi connectivity index (χ4v) is 4.13. The molecular formula is C24H22BrN3O4. The molecule has 0 aliphatic rings. The zero-order chi connectivity index (χ0) is 22.5. The summed E-state index contributed by atoms with van der Waals surface area (Å²) in [6.45, 7) is 1.97. The van der Waals surface area contributed by atoms with Crippen molar-refractivity contribution in [1.82, 2.24) is 10.3 Å². The predicted octanol–water partition coefficient (Wildman–Crippen LogP) is 5.24. The first-order chi connectivity index (χ1) is 15.5. The van der Waals surface area contributed by atoms with Crippen molar-refractivity contribution in [1.29, 1.82) is 5.26 Å². The van der Waals surface area contributed by atoms with Gasteiger partial charge in [-0.05, 0) is 67.8 Å². The van der Waals surface area contributed by atoms with E-state index in [0.29, 0.717) is 35.4 Å². The summed E-state index contributed by atoms with van der Waals surface area (Å²) in [6, 6.07) is 13.0. The average Bonchev–Trinajstić information content (AvgIpc) is 3.39. The number of furan rings is 1. The van der Waals surface area contributed by atoms with Crippen molar-refractivity contribution >= 4 is 43.8 Å². The lowest BCUT2D eigenvalue weighted by Crippen LogP contribution is -2.22. The third kappa shape index (κ3) is 4.96. The molecule has 0 unspecified atom stereocenters. The van der Waals surface area contributed by atoms with Crippen LogP contribution in [0.4, 0.5) is 0 Å². The van der Waals surface area contributed by atoms with Crippen LogP contribution in [0, 0.1) is 11.3 Å². The Balaban J connectivity index is 1.21. The van der Waals surface area contributed by atoms with Crippen LogP contribution < -0.4 is 10.1 Å². The lowest BCUT2D eigenvalue weighted by molar-refractivity contribution is 0.0665. The maximum Gasteiger partial charge on any atom is 0.371 e. The van der Waals surface area contributed by atoms with Crippen LogP contribution in [-0.2, 0) is 6.42 Å². The molecule has 8 heteroatoms. The molecule has 0 aliphatic heterocycles. The van der Waals surface area contributed by atoms with Crippen molar-refractivity contribution < 1.29 is 19.1 Å². The van der Waals surface area contributed by atoms with E-state index in [-0.39, 0.29) is 5.76 Å². The van der Waals surface area contributed by atoms with Crippen molar-refractivity contribution in [3.63, 3.8) is 0 Å². The number of hydrogen-bond donors (Lipinski definition) is 3. The minimum Gasteiger partial charge on any atom is -0.488 e. The number of benzene rings is 2. The molecule has 0 fully saturated rings. The zero-order valence-corrected chi connectivity index (χ0v) is 18.9. The molecule has 0 saturated carbocycles. The minimum absolute atomic E-state index is 0.111. The van der Waals surface area contributed by atoms with E-state index in [2.05, 4.69) is 32.3 Å². The second kappa shape index (κ2) is 9.90. The Labute approximate surface area is 193 Å². The third-order valence-corrected chi connectivity index (χ3v) is 5.70. The summed E-state index contributed by atoms with van der Waals surface area (Å²) in [5.41, 5.74) is 3.40. The number of aromatic carboxylic acids is 1. The van der Waals surface area contributed by atoms with E-state index in [1.807, 2.05) is 24.4 Å². The summed E-state index contributed by atoms with van der Waals surface area (Å²) < 4.78 is 12.0. The molecule has 2 heterocycles. The number of carboxylic acid groups (broad SMARTS) is 1. The first-order valence-electron chi connectivity index (χ1n) is 10.3. The predicted molar refractivity (Wildman–Crippen MR) is 125 cm³/mol.